The van der Waals surface area contributed by atoms with Gasteiger partial charge in [-0.1, -0.05) is 24.3 Å². The van der Waals surface area contributed by atoms with Gasteiger partial charge in [0.25, 0.3) is 0 Å². The number of aryl methyl sites for hydroxylation is 2. The zero-order chi connectivity index (χ0) is 26.9. The third-order valence-corrected chi connectivity index (χ3v) is 7.54. The van der Waals surface area contributed by atoms with E-state index in [4.69, 9.17) is 21.9 Å². The van der Waals surface area contributed by atoms with Gasteiger partial charge in [0.1, 0.15) is 11.5 Å². The minimum absolute atomic E-state index is 0.104. The highest BCUT2D eigenvalue weighted by Gasteiger charge is 2.42. The number of benzene rings is 2. The predicted molar refractivity (Wildman–Crippen MR) is 159 cm³/mol. The Labute approximate surface area is 233 Å². The number of rotatable bonds is 6. The van der Waals surface area contributed by atoms with E-state index < -0.39 is 0 Å². The molecule has 39 heavy (non-hydrogen) atoms. The lowest BCUT2D eigenvalue weighted by molar-refractivity contribution is 0.479. The maximum Gasteiger partial charge on any atom is 0.174 e. The van der Waals surface area contributed by atoms with Gasteiger partial charge in [0, 0.05) is 29.5 Å². The van der Waals surface area contributed by atoms with Gasteiger partial charge in [-0.2, -0.15) is 0 Å². The van der Waals surface area contributed by atoms with E-state index in [1.54, 1.807) is 6.20 Å². The van der Waals surface area contributed by atoms with Crippen LogP contribution in [-0.4, -0.2) is 19.6 Å². The molecule has 0 bridgehead atoms. The molecule has 0 radical (unpaired) electrons. The normalized spacial score (nSPS) is 16.8. The van der Waals surface area contributed by atoms with Crippen LogP contribution in [0.25, 0.3) is 5.69 Å². The van der Waals surface area contributed by atoms with Gasteiger partial charge in [-0.15, -0.1) is 0 Å². The Hall–Kier alpha value is -4.49. The molecule has 0 aliphatic carbocycles. The minimum Gasteiger partial charge on any atom is -0.457 e. The Morgan fingerprint density at radius 1 is 0.846 bits per heavy atom. The number of anilines is 1. The van der Waals surface area contributed by atoms with E-state index in [-0.39, 0.29) is 12.1 Å². The molecule has 0 spiro atoms. The van der Waals surface area contributed by atoms with Gasteiger partial charge in [0.2, 0.25) is 0 Å². The van der Waals surface area contributed by atoms with Crippen LogP contribution >= 0.6 is 12.2 Å². The van der Waals surface area contributed by atoms with E-state index in [2.05, 4.69) is 63.9 Å². The molecule has 3 aromatic heterocycles. The number of nitrogens with zero attached hydrogens (tertiary/aromatic N) is 4. The molecule has 0 amide bonds. The SMILES string of the molecule is Cc1ccccc1Oc1ccc(N2C(=S)N[C@@H](c3ccccn3)[C@@H]2c2cc(C)n(-c3cccnc3)c2C)cc1. The van der Waals surface area contributed by atoms with Crippen molar-refractivity contribution >= 4 is 23.0 Å². The van der Waals surface area contributed by atoms with Crippen LogP contribution < -0.4 is 15.0 Å². The first-order valence-electron chi connectivity index (χ1n) is 12.9. The number of para-hydroxylation sites is 1. The van der Waals surface area contributed by atoms with Gasteiger partial charge >= 0.3 is 0 Å². The predicted octanol–water partition coefficient (Wildman–Crippen LogP) is 7.16. The van der Waals surface area contributed by atoms with Gasteiger partial charge in [-0.3, -0.25) is 9.97 Å². The smallest absolute Gasteiger partial charge is 0.174 e. The fourth-order valence-electron chi connectivity index (χ4n) is 5.39. The maximum absolute atomic E-state index is 6.16. The van der Waals surface area contributed by atoms with E-state index >= 15 is 0 Å². The quantitative estimate of drug-likeness (QED) is 0.235. The van der Waals surface area contributed by atoms with E-state index in [1.807, 2.05) is 73.9 Å². The minimum atomic E-state index is -0.121. The van der Waals surface area contributed by atoms with Gasteiger partial charge in [-0.05, 0) is 105 Å². The Morgan fingerprint density at radius 2 is 1.64 bits per heavy atom. The molecular formula is C32H29N5OS. The molecule has 5 aromatic rings. The Balaban J connectivity index is 1.41. The molecule has 1 N–H and O–H groups in total. The lowest BCUT2D eigenvalue weighted by Gasteiger charge is -2.28. The summed E-state index contributed by atoms with van der Waals surface area (Å²) in [5, 5.41) is 4.23. The highest BCUT2D eigenvalue weighted by atomic mass is 32.1. The van der Waals surface area contributed by atoms with Crippen LogP contribution in [0.2, 0.25) is 0 Å². The number of pyridine rings is 2. The van der Waals surface area contributed by atoms with Crippen LogP contribution in [0, 0.1) is 20.8 Å². The first-order chi connectivity index (χ1) is 19.0. The maximum atomic E-state index is 6.16. The molecule has 1 aliphatic rings. The fraction of sp³-hybridized carbons (Fsp3) is 0.156. The number of thiocarbonyl (C=S) groups is 1. The summed E-state index contributed by atoms with van der Waals surface area (Å²) in [6.07, 6.45) is 5.52. The van der Waals surface area contributed by atoms with Crippen LogP contribution in [0.15, 0.2) is 104 Å². The van der Waals surface area contributed by atoms with Gasteiger partial charge in [-0.25, -0.2) is 0 Å². The van der Waals surface area contributed by atoms with Crippen molar-refractivity contribution in [3.05, 3.63) is 132 Å². The summed E-state index contributed by atoms with van der Waals surface area (Å²) in [6, 6.07) is 28.2. The Morgan fingerprint density at radius 3 is 2.36 bits per heavy atom. The molecule has 7 heteroatoms. The lowest BCUT2D eigenvalue weighted by atomic mass is 9.96. The zero-order valence-electron chi connectivity index (χ0n) is 22.1. The number of aromatic nitrogens is 3. The second-order valence-electron chi connectivity index (χ2n) is 9.73. The molecule has 6 nitrogen and oxygen atoms in total. The molecule has 0 saturated carbocycles. The number of hydrogen-bond donors (Lipinski definition) is 1. The fourth-order valence-corrected chi connectivity index (χ4v) is 5.74. The second kappa shape index (κ2) is 10.3. The van der Waals surface area contributed by atoms with Gasteiger partial charge in [0.05, 0.1) is 29.7 Å². The first-order valence-corrected chi connectivity index (χ1v) is 13.4. The molecule has 2 atom stereocenters. The lowest BCUT2D eigenvalue weighted by Crippen LogP contribution is -2.29. The van der Waals surface area contributed by atoms with Crippen LogP contribution in [0.4, 0.5) is 5.69 Å². The van der Waals surface area contributed by atoms with Crippen LogP contribution in [0.5, 0.6) is 11.5 Å². The van der Waals surface area contributed by atoms with Crippen molar-refractivity contribution in [3.8, 4) is 17.2 Å². The molecule has 0 unspecified atom stereocenters. The van der Waals surface area contributed by atoms with Crippen molar-refractivity contribution in [1.29, 1.82) is 0 Å². The van der Waals surface area contributed by atoms with E-state index in [9.17, 15) is 0 Å². The summed E-state index contributed by atoms with van der Waals surface area (Å²) < 4.78 is 8.40. The van der Waals surface area contributed by atoms with Crippen molar-refractivity contribution in [3.63, 3.8) is 0 Å². The highest BCUT2D eigenvalue weighted by molar-refractivity contribution is 7.80. The summed E-state index contributed by atoms with van der Waals surface area (Å²) in [7, 11) is 0. The Bertz CT molecular complexity index is 1620. The first kappa shape index (κ1) is 24.8. The third-order valence-electron chi connectivity index (χ3n) is 7.23. The molecule has 1 saturated heterocycles. The van der Waals surface area contributed by atoms with Crippen molar-refractivity contribution in [2.24, 2.45) is 0 Å². The summed E-state index contributed by atoms with van der Waals surface area (Å²) in [5.41, 5.74) is 7.51. The standard InChI is InChI=1S/C32H29N5OS/c1-21-9-4-5-12-29(21)38-26-15-13-24(14-16-26)37-31(30(35-32(37)39)28-11-6-7-18-34-28)27-19-22(2)36(23(27)3)25-10-8-17-33-20-25/h4-20,30-31H,1-3H3,(H,35,39)/t30-,31-/m0/s1. The number of hydrogen-bond acceptors (Lipinski definition) is 4. The molecule has 1 fully saturated rings. The topological polar surface area (TPSA) is 55.2 Å². The average Bonchev–Trinajstić information content (AvgIpc) is 3.46. The molecule has 6 rings (SSSR count). The highest BCUT2D eigenvalue weighted by Crippen LogP contribution is 2.44. The van der Waals surface area contributed by atoms with E-state index in [0.717, 1.165) is 45.5 Å². The molecule has 1 aliphatic heterocycles. The molecular weight excluding hydrogens is 502 g/mol. The van der Waals surface area contributed by atoms with Crippen LogP contribution in [0.3, 0.4) is 0 Å². The zero-order valence-corrected chi connectivity index (χ0v) is 22.9. The van der Waals surface area contributed by atoms with E-state index in [1.165, 1.54) is 5.56 Å². The van der Waals surface area contributed by atoms with Crippen molar-refractivity contribution < 1.29 is 4.74 Å². The summed E-state index contributed by atoms with van der Waals surface area (Å²) in [5.74, 6) is 1.62. The number of ether oxygens (including phenoxy) is 1. The van der Waals surface area contributed by atoms with Crippen LogP contribution in [-0.2, 0) is 0 Å². The van der Waals surface area contributed by atoms with Gasteiger partial charge in [0.15, 0.2) is 5.11 Å². The van der Waals surface area contributed by atoms with Gasteiger partial charge < -0.3 is 19.5 Å². The average molecular weight is 532 g/mol. The third kappa shape index (κ3) is 4.66. The molecule has 4 heterocycles. The summed E-state index contributed by atoms with van der Waals surface area (Å²) in [4.78, 5) is 11.2. The summed E-state index contributed by atoms with van der Waals surface area (Å²) >= 11 is 5.95. The molecule has 2 aromatic carbocycles. The molecule has 194 valence electrons. The monoisotopic (exact) mass is 531 g/mol. The van der Waals surface area contributed by atoms with Crippen molar-refractivity contribution in [1.82, 2.24) is 19.9 Å². The van der Waals surface area contributed by atoms with Crippen LogP contribution in [0.1, 0.15) is 40.3 Å². The van der Waals surface area contributed by atoms with E-state index in [0.29, 0.717) is 5.11 Å². The Kier molecular flexibility index (Phi) is 6.59. The van der Waals surface area contributed by atoms with Crippen molar-refractivity contribution in [2.75, 3.05) is 4.90 Å². The number of nitrogens with one attached hydrogen (secondary N) is 1. The second-order valence-corrected chi connectivity index (χ2v) is 10.1. The summed E-state index contributed by atoms with van der Waals surface area (Å²) in [6.45, 7) is 6.33. The largest absolute Gasteiger partial charge is 0.457 e. The van der Waals surface area contributed by atoms with Crippen molar-refractivity contribution in [2.45, 2.75) is 32.9 Å².